The average molecular weight is 379 g/mol. The molecule has 3 aliphatic heterocycles. The normalized spacial score (nSPS) is 21.9. The van der Waals surface area contributed by atoms with Gasteiger partial charge >= 0.3 is 0 Å². The molecular formula is C22H25N3O3. The summed E-state index contributed by atoms with van der Waals surface area (Å²) in [6.07, 6.45) is 0.818. The third-order valence-electron chi connectivity index (χ3n) is 5.81. The van der Waals surface area contributed by atoms with Crippen molar-refractivity contribution in [2.75, 3.05) is 55.9 Å². The second-order valence-corrected chi connectivity index (χ2v) is 7.50. The predicted octanol–water partition coefficient (Wildman–Crippen LogP) is 2.40. The molecule has 0 bridgehead atoms. The molecule has 0 radical (unpaired) electrons. The summed E-state index contributed by atoms with van der Waals surface area (Å²) in [6, 6.07) is 18.3. The molecule has 6 heteroatoms. The number of hydrogen-bond acceptors (Lipinski definition) is 5. The van der Waals surface area contributed by atoms with E-state index < -0.39 is 5.79 Å². The maximum absolute atomic E-state index is 13.3. The Morgan fingerprint density at radius 1 is 0.857 bits per heavy atom. The number of fused-ring (bicyclic) bond motifs is 2. The maximum Gasteiger partial charge on any atom is 0.293 e. The molecule has 3 aliphatic rings. The summed E-state index contributed by atoms with van der Waals surface area (Å²) in [6.45, 7) is 5.38. The fourth-order valence-corrected chi connectivity index (χ4v) is 4.33. The standard InChI is InChI=1S/C22H25N3O3/c26-21-22(27-15-6-16-28-22)19-9-4-5-10-20(19)25(21)17-23-11-13-24(14-12-23)18-7-2-1-3-8-18/h1-5,7-10H,6,11-17H2. The number of anilines is 2. The van der Waals surface area contributed by atoms with E-state index in [9.17, 15) is 4.79 Å². The van der Waals surface area contributed by atoms with Crippen molar-refractivity contribution in [1.82, 2.24) is 4.90 Å². The molecular weight excluding hydrogens is 354 g/mol. The van der Waals surface area contributed by atoms with Gasteiger partial charge in [0.2, 0.25) is 0 Å². The monoisotopic (exact) mass is 379 g/mol. The highest BCUT2D eigenvalue weighted by Crippen LogP contribution is 2.45. The smallest absolute Gasteiger partial charge is 0.293 e. The Hall–Kier alpha value is -2.41. The van der Waals surface area contributed by atoms with Crippen molar-refractivity contribution in [3.05, 3.63) is 60.2 Å². The minimum absolute atomic E-state index is 0.0983. The first-order valence-corrected chi connectivity index (χ1v) is 10.00. The molecule has 2 fully saturated rings. The van der Waals surface area contributed by atoms with Crippen molar-refractivity contribution < 1.29 is 14.3 Å². The highest BCUT2D eigenvalue weighted by molar-refractivity contribution is 6.06. The van der Waals surface area contributed by atoms with Crippen molar-refractivity contribution in [1.29, 1.82) is 0 Å². The summed E-state index contributed by atoms with van der Waals surface area (Å²) in [5, 5.41) is 0. The van der Waals surface area contributed by atoms with Crippen LogP contribution in [0.4, 0.5) is 11.4 Å². The van der Waals surface area contributed by atoms with Gasteiger partial charge in [0.15, 0.2) is 0 Å². The second-order valence-electron chi connectivity index (χ2n) is 7.50. The number of para-hydroxylation sites is 2. The molecule has 0 saturated carbocycles. The van der Waals surface area contributed by atoms with E-state index in [4.69, 9.17) is 9.47 Å². The van der Waals surface area contributed by atoms with E-state index in [1.165, 1.54) is 5.69 Å². The lowest BCUT2D eigenvalue weighted by Crippen LogP contribution is -2.53. The van der Waals surface area contributed by atoms with E-state index in [2.05, 4.69) is 34.1 Å². The van der Waals surface area contributed by atoms with E-state index in [-0.39, 0.29) is 5.91 Å². The lowest BCUT2D eigenvalue weighted by molar-refractivity contribution is -0.256. The molecule has 2 saturated heterocycles. The summed E-state index contributed by atoms with van der Waals surface area (Å²) in [5.41, 5.74) is 3.00. The average Bonchev–Trinajstić information content (AvgIpc) is 2.98. The zero-order valence-corrected chi connectivity index (χ0v) is 15.9. The summed E-state index contributed by atoms with van der Waals surface area (Å²) >= 11 is 0. The number of hydrogen-bond donors (Lipinski definition) is 0. The Kier molecular flexibility index (Phi) is 4.55. The van der Waals surface area contributed by atoms with E-state index in [0.717, 1.165) is 43.9 Å². The van der Waals surface area contributed by atoms with Gasteiger partial charge in [0.05, 0.1) is 25.6 Å². The summed E-state index contributed by atoms with van der Waals surface area (Å²) < 4.78 is 11.8. The van der Waals surface area contributed by atoms with Crippen molar-refractivity contribution >= 4 is 17.3 Å². The van der Waals surface area contributed by atoms with E-state index in [1.807, 2.05) is 35.2 Å². The molecule has 3 heterocycles. The fourth-order valence-electron chi connectivity index (χ4n) is 4.33. The summed E-state index contributed by atoms with van der Waals surface area (Å²) in [7, 11) is 0. The van der Waals surface area contributed by atoms with Crippen LogP contribution in [-0.4, -0.2) is 56.9 Å². The van der Waals surface area contributed by atoms with Gasteiger partial charge in [0.25, 0.3) is 11.7 Å². The van der Waals surface area contributed by atoms with Crippen molar-refractivity contribution in [3.8, 4) is 0 Å². The van der Waals surface area contributed by atoms with Gasteiger partial charge in [-0.1, -0.05) is 36.4 Å². The largest absolute Gasteiger partial charge is 0.369 e. The first kappa shape index (κ1) is 17.7. The molecule has 2 aromatic rings. The number of carbonyl (C=O) groups excluding carboxylic acids is 1. The minimum atomic E-state index is -1.25. The van der Waals surface area contributed by atoms with E-state index >= 15 is 0 Å². The molecule has 6 nitrogen and oxygen atoms in total. The molecule has 1 amide bonds. The first-order chi connectivity index (χ1) is 13.8. The molecule has 28 heavy (non-hydrogen) atoms. The summed E-state index contributed by atoms with van der Waals surface area (Å²) in [4.78, 5) is 19.9. The lowest BCUT2D eigenvalue weighted by Gasteiger charge is -2.38. The zero-order chi connectivity index (χ0) is 19.0. The van der Waals surface area contributed by atoms with Crippen LogP contribution >= 0.6 is 0 Å². The van der Waals surface area contributed by atoms with Crippen LogP contribution < -0.4 is 9.80 Å². The lowest BCUT2D eigenvalue weighted by atomic mass is 10.1. The van der Waals surface area contributed by atoms with Gasteiger partial charge in [-0.25, -0.2) is 0 Å². The first-order valence-electron chi connectivity index (χ1n) is 10.00. The SMILES string of the molecule is O=C1N(CN2CCN(c3ccccc3)CC2)c2ccccc2C12OCCCO2. The van der Waals surface area contributed by atoms with Crippen LogP contribution in [0.5, 0.6) is 0 Å². The Labute approximate surface area is 165 Å². The van der Waals surface area contributed by atoms with Crippen molar-refractivity contribution in [2.24, 2.45) is 0 Å². The van der Waals surface area contributed by atoms with Crippen LogP contribution in [0.1, 0.15) is 12.0 Å². The molecule has 146 valence electrons. The third-order valence-corrected chi connectivity index (χ3v) is 5.81. The Morgan fingerprint density at radius 3 is 2.29 bits per heavy atom. The fraction of sp³-hybridized carbons (Fsp3) is 0.409. The van der Waals surface area contributed by atoms with E-state index in [1.54, 1.807) is 0 Å². The zero-order valence-electron chi connectivity index (χ0n) is 15.9. The number of amides is 1. The van der Waals surface area contributed by atoms with Crippen molar-refractivity contribution in [3.63, 3.8) is 0 Å². The molecule has 1 spiro atoms. The minimum Gasteiger partial charge on any atom is -0.369 e. The van der Waals surface area contributed by atoms with Gasteiger partial charge in [-0.05, 0) is 24.6 Å². The Morgan fingerprint density at radius 2 is 1.54 bits per heavy atom. The number of ether oxygens (including phenoxy) is 2. The van der Waals surface area contributed by atoms with Crippen LogP contribution in [0.25, 0.3) is 0 Å². The van der Waals surface area contributed by atoms with Crippen LogP contribution in [0.3, 0.4) is 0 Å². The molecule has 0 unspecified atom stereocenters. The quantitative estimate of drug-likeness (QED) is 0.820. The number of carbonyl (C=O) groups is 1. The van der Waals surface area contributed by atoms with Gasteiger partial charge in [-0.3, -0.25) is 14.6 Å². The highest BCUT2D eigenvalue weighted by Gasteiger charge is 2.55. The summed E-state index contributed by atoms with van der Waals surface area (Å²) in [5.74, 6) is -1.35. The van der Waals surface area contributed by atoms with E-state index in [0.29, 0.717) is 19.9 Å². The molecule has 2 aromatic carbocycles. The number of rotatable bonds is 3. The number of benzene rings is 2. The molecule has 5 rings (SSSR count). The van der Waals surface area contributed by atoms with Crippen LogP contribution in [0.2, 0.25) is 0 Å². The molecule has 0 atom stereocenters. The van der Waals surface area contributed by atoms with Crippen LogP contribution in [0.15, 0.2) is 54.6 Å². The maximum atomic E-state index is 13.3. The third kappa shape index (κ3) is 2.89. The van der Waals surface area contributed by atoms with Crippen molar-refractivity contribution in [2.45, 2.75) is 12.2 Å². The van der Waals surface area contributed by atoms with Gasteiger partial charge in [-0.15, -0.1) is 0 Å². The van der Waals surface area contributed by atoms with Gasteiger partial charge < -0.3 is 14.4 Å². The highest BCUT2D eigenvalue weighted by atomic mass is 16.7. The number of nitrogens with zero attached hydrogens (tertiary/aromatic N) is 3. The second kappa shape index (κ2) is 7.20. The van der Waals surface area contributed by atoms with Crippen LogP contribution in [-0.2, 0) is 20.1 Å². The van der Waals surface area contributed by atoms with Gasteiger partial charge in [0.1, 0.15) is 0 Å². The number of piperazine rings is 1. The molecule has 0 N–H and O–H groups in total. The Bertz CT molecular complexity index is 843. The van der Waals surface area contributed by atoms with Gasteiger partial charge in [0, 0.05) is 37.4 Å². The predicted molar refractivity (Wildman–Crippen MR) is 107 cm³/mol. The van der Waals surface area contributed by atoms with Crippen LogP contribution in [0, 0.1) is 0 Å². The van der Waals surface area contributed by atoms with Gasteiger partial charge in [-0.2, -0.15) is 0 Å². The topological polar surface area (TPSA) is 45.3 Å². The molecule has 0 aromatic heterocycles. The Balaban J connectivity index is 1.32. The molecule has 0 aliphatic carbocycles.